The van der Waals surface area contributed by atoms with Crippen LogP contribution in [-0.2, 0) is 7.05 Å². The maximum absolute atomic E-state index is 15.0. The number of aryl methyl sites for hydroxylation is 1. The number of aromatic nitrogens is 2. The number of nitrogens with two attached hydrogens (primary N) is 1. The monoisotopic (exact) mass is 466 g/mol. The lowest BCUT2D eigenvalue weighted by molar-refractivity contribution is 0.0482. The predicted octanol–water partition coefficient (Wildman–Crippen LogP) is 5.37. The van der Waals surface area contributed by atoms with Gasteiger partial charge in [0.2, 0.25) is 0 Å². The first-order chi connectivity index (χ1) is 14.9. The second-order valence-corrected chi connectivity index (χ2v) is 8.21. The van der Waals surface area contributed by atoms with Crippen molar-refractivity contribution >= 4 is 29.1 Å². The zero-order chi connectivity index (χ0) is 23.8. The molecule has 2 aromatic carbocycles. The summed E-state index contributed by atoms with van der Waals surface area (Å²) in [5, 5.41) is 2.28. The highest BCUT2D eigenvalue weighted by Gasteiger charge is 2.29. The molecule has 0 radical (unpaired) electrons. The number of amides is 1. The second kappa shape index (κ2) is 8.74. The van der Waals surface area contributed by atoms with Gasteiger partial charge in [-0.1, -0.05) is 17.7 Å². The van der Waals surface area contributed by atoms with Crippen molar-refractivity contribution in [1.29, 1.82) is 0 Å². The van der Waals surface area contributed by atoms with Crippen LogP contribution in [0.15, 0.2) is 36.5 Å². The first-order valence-corrected chi connectivity index (χ1v) is 10.00. The van der Waals surface area contributed by atoms with Gasteiger partial charge in [-0.3, -0.25) is 4.79 Å². The largest absolute Gasteiger partial charge is 0.487 e. The Balaban J connectivity index is 2.09. The molecule has 0 fully saturated rings. The summed E-state index contributed by atoms with van der Waals surface area (Å²) < 4.78 is 50.7. The minimum atomic E-state index is -1.77. The Bertz CT molecular complexity index is 1130. The summed E-state index contributed by atoms with van der Waals surface area (Å²) in [7, 11) is 1.63. The van der Waals surface area contributed by atoms with Crippen LogP contribution in [0.5, 0.6) is 5.75 Å². The molecule has 0 aliphatic rings. The van der Waals surface area contributed by atoms with Gasteiger partial charge < -0.3 is 20.4 Å². The normalized spacial score (nSPS) is 12.5. The van der Waals surface area contributed by atoms with Crippen molar-refractivity contribution in [3.8, 4) is 17.0 Å². The summed E-state index contributed by atoms with van der Waals surface area (Å²) in [6.07, 6.45) is 0.497. The first kappa shape index (κ1) is 23.5. The van der Waals surface area contributed by atoms with Gasteiger partial charge in [0.15, 0.2) is 5.95 Å². The van der Waals surface area contributed by atoms with E-state index in [1.54, 1.807) is 7.05 Å². The molecule has 0 aliphatic heterocycles. The third-order valence-corrected chi connectivity index (χ3v) is 5.29. The molecule has 170 valence electrons. The highest BCUT2D eigenvalue weighted by Crippen LogP contribution is 2.34. The zero-order valence-electron chi connectivity index (χ0n) is 17.8. The Morgan fingerprint density at radius 1 is 1.28 bits per heavy atom. The number of imidazole rings is 1. The standard InChI is InChI=1S/C22H22ClF3N4O2/c1-11(22(2,3)26)32-18-9-12(17-10-30(4)21(27)28-17)16(25)8-13(18)20(31)29-19-14(23)6-5-7-15(19)24/h5-11H,1-4H3,(H2,27,28)(H,29,31)/t11-/m0/s1. The Morgan fingerprint density at radius 2 is 1.97 bits per heavy atom. The summed E-state index contributed by atoms with van der Waals surface area (Å²) in [5.74, 6) is -2.42. The third-order valence-electron chi connectivity index (χ3n) is 4.97. The van der Waals surface area contributed by atoms with Gasteiger partial charge in [0.25, 0.3) is 5.91 Å². The molecule has 6 nitrogen and oxygen atoms in total. The molecule has 3 rings (SSSR count). The number of ether oxygens (including phenoxy) is 1. The fourth-order valence-electron chi connectivity index (χ4n) is 2.76. The maximum Gasteiger partial charge on any atom is 0.259 e. The Labute approximate surface area is 188 Å². The van der Waals surface area contributed by atoms with Crippen LogP contribution >= 0.6 is 11.6 Å². The van der Waals surface area contributed by atoms with E-state index in [0.29, 0.717) is 0 Å². The SMILES string of the molecule is C[C@H](Oc1cc(-c2cn(C)c(N)n2)c(F)cc1C(=O)Nc1c(F)cccc1Cl)C(C)(C)F. The second-order valence-electron chi connectivity index (χ2n) is 7.80. The zero-order valence-corrected chi connectivity index (χ0v) is 18.6. The minimum absolute atomic E-state index is 0.00311. The van der Waals surface area contributed by atoms with E-state index in [-0.39, 0.29) is 39.2 Å². The molecule has 0 spiro atoms. The number of benzene rings is 2. The molecule has 3 aromatic rings. The van der Waals surface area contributed by atoms with Crippen molar-refractivity contribution in [3.63, 3.8) is 0 Å². The lowest BCUT2D eigenvalue weighted by Gasteiger charge is -2.25. The van der Waals surface area contributed by atoms with Crippen LogP contribution < -0.4 is 15.8 Å². The minimum Gasteiger partial charge on any atom is -0.487 e. The molecule has 1 amide bonds. The summed E-state index contributed by atoms with van der Waals surface area (Å²) in [6, 6.07) is 6.02. The van der Waals surface area contributed by atoms with Gasteiger partial charge in [0.05, 0.1) is 22.0 Å². The molecule has 3 N–H and O–H groups in total. The lowest BCUT2D eigenvalue weighted by Crippen LogP contribution is -2.34. The van der Waals surface area contributed by atoms with E-state index in [4.69, 9.17) is 22.1 Å². The fourth-order valence-corrected chi connectivity index (χ4v) is 2.97. The molecule has 1 aromatic heterocycles. The number of rotatable bonds is 6. The van der Waals surface area contributed by atoms with Gasteiger partial charge in [-0.2, -0.15) is 0 Å². The Kier molecular flexibility index (Phi) is 6.41. The number of carbonyl (C=O) groups excluding carboxylic acids is 1. The number of alkyl halides is 1. The average Bonchev–Trinajstić information content (AvgIpc) is 3.03. The van der Waals surface area contributed by atoms with Crippen LogP contribution in [0.3, 0.4) is 0 Å². The molecule has 1 atom stereocenters. The van der Waals surface area contributed by atoms with Gasteiger partial charge in [0, 0.05) is 18.8 Å². The van der Waals surface area contributed by atoms with Crippen molar-refractivity contribution in [1.82, 2.24) is 9.55 Å². The summed E-state index contributed by atoms with van der Waals surface area (Å²) >= 11 is 5.97. The number of para-hydroxylation sites is 1. The number of anilines is 2. The predicted molar refractivity (Wildman–Crippen MR) is 118 cm³/mol. The van der Waals surface area contributed by atoms with E-state index in [1.165, 1.54) is 49.7 Å². The summed E-state index contributed by atoms with van der Waals surface area (Å²) in [6.45, 7) is 4.08. The third kappa shape index (κ3) is 4.83. The van der Waals surface area contributed by atoms with Crippen LogP contribution in [0.1, 0.15) is 31.1 Å². The Hall–Kier alpha value is -3.20. The number of halogens is 4. The highest BCUT2D eigenvalue weighted by atomic mass is 35.5. The fraction of sp³-hybridized carbons (Fsp3) is 0.273. The number of nitrogens with one attached hydrogen (secondary N) is 1. The summed E-state index contributed by atoms with van der Waals surface area (Å²) in [4.78, 5) is 17.0. The maximum atomic E-state index is 15.0. The Morgan fingerprint density at radius 3 is 2.53 bits per heavy atom. The average molecular weight is 467 g/mol. The van der Waals surface area contributed by atoms with Crippen LogP contribution in [-0.4, -0.2) is 27.2 Å². The highest BCUT2D eigenvalue weighted by molar-refractivity contribution is 6.34. The van der Waals surface area contributed by atoms with Crippen molar-refractivity contribution in [2.75, 3.05) is 11.1 Å². The lowest BCUT2D eigenvalue weighted by atomic mass is 10.0. The van der Waals surface area contributed by atoms with Crippen LogP contribution in [0.2, 0.25) is 5.02 Å². The molecule has 32 heavy (non-hydrogen) atoms. The van der Waals surface area contributed by atoms with Gasteiger partial charge in [-0.15, -0.1) is 0 Å². The number of hydrogen-bond donors (Lipinski definition) is 2. The quantitative estimate of drug-likeness (QED) is 0.511. The number of carbonyl (C=O) groups is 1. The number of nitrogen functional groups attached to an aromatic ring is 1. The molecule has 0 unspecified atom stereocenters. The van der Waals surface area contributed by atoms with Crippen molar-refractivity contribution in [3.05, 3.63) is 58.7 Å². The first-order valence-electron chi connectivity index (χ1n) is 9.62. The van der Waals surface area contributed by atoms with E-state index in [0.717, 1.165) is 12.1 Å². The van der Waals surface area contributed by atoms with Crippen molar-refractivity contribution in [2.24, 2.45) is 7.05 Å². The van der Waals surface area contributed by atoms with Crippen molar-refractivity contribution in [2.45, 2.75) is 32.5 Å². The van der Waals surface area contributed by atoms with Gasteiger partial charge in [-0.25, -0.2) is 18.2 Å². The van der Waals surface area contributed by atoms with Crippen LogP contribution in [0.4, 0.5) is 24.8 Å². The number of hydrogen-bond acceptors (Lipinski definition) is 4. The molecular weight excluding hydrogens is 445 g/mol. The van der Waals surface area contributed by atoms with E-state index < -0.39 is 29.3 Å². The van der Waals surface area contributed by atoms with E-state index in [9.17, 15) is 18.0 Å². The van der Waals surface area contributed by atoms with Gasteiger partial charge in [-0.05, 0) is 45.0 Å². The van der Waals surface area contributed by atoms with Crippen molar-refractivity contribution < 1.29 is 22.7 Å². The van der Waals surface area contributed by atoms with E-state index in [2.05, 4.69) is 10.3 Å². The molecular formula is C22H22ClF3N4O2. The van der Waals surface area contributed by atoms with E-state index >= 15 is 0 Å². The summed E-state index contributed by atoms with van der Waals surface area (Å²) in [5.41, 5.74) is 3.61. The van der Waals surface area contributed by atoms with Gasteiger partial charge in [0.1, 0.15) is 29.2 Å². The van der Waals surface area contributed by atoms with E-state index in [1.807, 2.05) is 0 Å². The molecule has 10 heteroatoms. The van der Waals surface area contributed by atoms with Crippen LogP contribution in [0.25, 0.3) is 11.3 Å². The smallest absolute Gasteiger partial charge is 0.259 e. The molecule has 0 saturated heterocycles. The molecule has 1 heterocycles. The van der Waals surface area contributed by atoms with Crippen LogP contribution in [0, 0.1) is 11.6 Å². The molecule has 0 aliphatic carbocycles. The molecule has 0 saturated carbocycles. The van der Waals surface area contributed by atoms with Gasteiger partial charge >= 0.3 is 0 Å². The molecule has 0 bridgehead atoms. The topological polar surface area (TPSA) is 82.2 Å². The number of nitrogens with zero attached hydrogens (tertiary/aromatic N) is 2.